The van der Waals surface area contributed by atoms with E-state index < -0.39 is 23.5 Å². The molecule has 0 N–H and O–H groups in total. The second-order valence-corrected chi connectivity index (χ2v) is 3.80. The Labute approximate surface area is 114 Å². The summed E-state index contributed by atoms with van der Waals surface area (Å²) in [5, 5.41) is 0. The largest absolute Gasteiger partial charge is 0.465 e. The molecule has 0 fully saturated rings. The number of esters is 2. The van der Waals surface area contributed by atoms with Crippen molar-refractivity contribution in [3.63, 3.8) is 0 Å². The fourth-order valence-electron chi connectivity index (χ4n) is 1.84. The lowest BCUT2D eigenvalue weighted by molar-refractivity contribution is -0.180. The Kier molecular flexibility index (Phi) is 7.75. The van der Waals surface area contributed by atoms with Crippen LogP contribution in [0.5, 0.6) is 0 Å². The van der Waals surface area contributed by atoms with Gasteiger partial charge in [-0.25, -0.2) is 0 Å². The van der Waals surface area contributed by atoms with Crippen LogP contribution in [0, 0.1) is 5.41 Å². The molecule has 0 heterocycles. The van der Waals surface area contributed by atoms with Crippen molar-refractivity contribution in [3.8, 4) is 0 Å². The van der Waals surface area contributed by atoms with Crippen molar-refractivity contribution in [2.45, 2.75) is 26.4 Å². The number of carbonyl (C=O) groups is 2. The van der Waals surface area contributed by atoms with E-state index in [0.717, 1.165) is 0 Å². The van der Waals surface area contributed by atoms with Gasteiger partial charge in [0.15, 0.2) is 5.41 Å². The van der Waals surface area contributed by atoms with Crippen LogP contribution in [0.4, 0.5) is 0 Å². The van der Waals surface area contributed by atoms with E-state index >= 15 is 0 Å². The molecule has 0 aromatic carbocycles. The van der Waals surface area contributed by atoms with E-state index in [9.17, 15) is 9.59 Å². The third-order valence-electron chi connectivity index (χ3n) is 2.70. The van der Waals surface area contributed by atoms with Gasteiger partial charge in [0.2, 0.25) is 0 Å². The first-order valence-corrected chi connectivity index (χ1v) is 6.15. The molecule has 5 heteroatoms. The molecule has 0 bridgehead atoms. The molecule has 0 aliphatic carbocycles. The third-order valence-corrected chi connectivity index (χ3v) is 2.70. The van der Waals surface area contributed by atoms with Crippen LogP contribution in [0.1, 0.15) is 20.3 Å². The van der Waals surface area contributed by atoms with E-state index in [1.165, 1.54) is 19.3 Å². The van der Waals surface area contributed by atoms with E-state index in [0.29, 0.717) is 0 Å². The molecule has 0 rings (SSSR count). The maximum atomic E-state index is 12.2. The number of hydrogen-bond acceptors (Lipinski definition) is 5. The van der Waals surface area contributed by atoms with Gasteiger partial charge in [-0.15, -0.1) is 13.2 Å². The van der Waals surface area contributed by atoms with Gasteiger partial charge in [-0.3, -0.25) is 9.59 Å². The molecular weight excluding hydrogens is 248 g/mol. The highest BCUT2D eigenvalue weighted by Crippen LogP contribution is 2.33. The predicted molar refractivity (Wildman–Crippen MR) is 71.5 cm³/mol. The highest BCUT2D eigenvalue weighted by Gasteiger charge is 2.53. The van der Waals surface area contributed by atoms with Crippen molar-refractivity contribution in [1.82, 2.24) is 0 Å². The van der Waals surface area contributed by atoms with Gasteiger partial charge in [-0.1, -0.05) is 12.2 Å². The van der Waals surface area contributed by atoms with Crippen molar-refractivity contribution in [1.29, 1.82) is 0 Å². The van der Waals surface area contributed by atoms with Gasteiger partial charge in [0.05, 0.1) is 13.2 Å². The molecule has 0 aliphatic heterocycles. The van der Waals surface area contributed by atoms with E-state index in [-0.39, 0.29) is 19.6 Å². The third kappa shape index (κ3) is 3.67. The van der Waals surface area contributed by atoms with Crippen LogP contribution in [0.3, 0.4) is 0 Å². The quantitative estimate of drug-likeness (QED) is 0.363. The molecular formula is C14H22O5. The topological polar surface area (TPSA) is 61.8 Å². The second kappa shape index (κ2) is 8.48. The van der Waals surface area contributed by atoms with Crippen LogP contribution in [0.25, 0.3) is 0 Å². The summed E-state index contributed by atoms with van der Waals surface area (Å²) in [7, 11) is 1.39. The van der Waals surface area contributed by atoms with Crippen molar-refractivity contribution in [3.05, 3.63) is 25.3 Å². The Morgan fingerprint density at radius 1 is 1.16 bits per heavy atom. The zero-order valence-electron chi connectivity index (χ0n) is 11.8. The molecule has 0 saturated carbocycles. The lowest BCUT2D eigenvalue weighted by Gasteiger charge is -2.32. The minimum Gasteiger partial charge on any atom is -0.465 e. The Morgan fingerprint density at radius 3 is 1.89 bits per heavy atom. The highest BCUT2D eigenvalue weighted by molar-refractivity contribution is 6.01. The standard InChI is InChI=1S/C14H22O5/c1-6-10-14(11(7-2)17-5,12(15)18-8-3)13(16)19-9-4/h6-7,11H,1-2,8-10H2,3-5H3. The number of ether oxygens (including phenoxy) is 3. The van der Waals surface area contributed by atoms with E-state index in [1.807, 2.05) is 0 Å². The summed E-state index contributed by atoms with van der Waals surface area (Å²) >= 11 is 0. The van der Waals surface area contributed by atoms with Gasteiger partial charge in [-0.2, -0.15) is 0 Å². The molecule has 0 amide bonds. The van der Waals surface area contributed by atoms with Crippen LogP contribution in [-0.2, 0) is 23.8 Å². The average Bonchev–Trinajstić information content (AvgIpc) is 2.39. The summed E-state index contributed by atoms with van der Waals surface area (Å²) in [5.74, 6) is -1.39. The SMILES string of the molecule is C=CCC(C(=O)OCC)(C(=O)OCC)C(C=C)OC. The smallest absolute Gasteiger partial charge is 0.326 e. The summed E-state index contributed by atoms with van der Waals surface area (Å²) in [4.78, 5) is 24.5. The minimum absolute atomic E-state index is 0.0508. The first-order chi connectivity index (χ1) is 9.04. The molecule has 5 nitrogen and oxygen atoms in total. The lowest BCUT2D eigenvalue weighted by Crippen LogP contribution is -2.50. The van der Waals surface area contributed by atoms with Crippen molar-refractivity contribution in [2.24, 2.45) is 5.41 Å². The molecule has 0 radical (unpaired) electrons. The Balaban J connectivity index is 5.70. The van der Waals surface area contributed by atoms with E-state index in [2.05, 4.69) is 13.2 Å². The molecule has 0 aromatic heterocycles. The van der Waals surface area contributed by atoms with Crippen molar-refractivity contribution < 1.29 is 23.8 Å². The number of methoxy groups -OCH3 is 1. The summed E-state index contributed by atoms with van der Waals surface area (Å²) in [6, 6.07) is 0. The Bertz CT molecular complexity index is 317. The number of hydrogen-bond donors (Lipinski definition) is 0. The molecule has 0 spiro atoms. The lowest BCUT2D eigenvalue weighted by atomic mass is 9.78. The Hall–Kier alpha value is -1.62. The van der Waals surface area contributed by atoms with Crippen LogP contribution >= 0.6 is 0 Å². The zero-order chi connectivity index (χ0) is 14.9. The van der Waals surface area contributed by atoms with Crippen LogP contribution < -0.4 is 0 Å². The average molecular weight is 270 g/mol. The van der Waals surface area contributed by atoms with E-state index in [1.54, 1.807) is 13.8 Å². The maximum absolute atomic E-state index is 12.2. The first-order valence-electron chi connectivity index (χ1n) is 6.15. The summed E-state index contributed by atoms with van der Waals surface area (Å²) in [6.45, 7) is 10.8. The van der Waals surface area contributed by atoms with Gasteiger partial charge in [0.1, 0.15) is 6.10 Å². The summed E-state index contributed by atoms with van der Waals surface area (Å²) in [5.41, 5.74) is -1.59. The molecule has 0 aromatic rings. The van der Waals surface area contributed by atoms with Gasteiger partial charge in [0.25, 0.3) is 0 Å². The van der Waals surface area contributed by atoms with E-state index in [4.69, 9.17) is 14.2 Å². The van der Waals surface area contributed by atoms with Crippen LogP contribution in [0.15, 0.2) is 25.3 Å². The van der Waals surface area contributed by atoms with Crippen molar-refractivity contribution in [2.75, 3.05) is 20.3 Å². The fraction of sp³-hybridized carbons (Fsp3) is 0.571. The number of rotatable bonds is 9. The molecule has 108 valence electrons. The molecule has 0 saturated heterocycles. The monoisotopic (exact) mass is 270 g/mol. The molecule has 0 aliphatic rings. The predicted octanol–water partition coefficient (Wildman–Crippen LogP) is 1.88. The van der Waals surface area contributed by atoms with Gasteiger partial charge < -0.3 is 14.2 Å². The fourth-order valence-corrected chi connectivity index (χ4v) is 1.84. The summed E-state index contributed by atoms with van der Waals surface area (Å²) < 4.78 is 15.2. The van der Waals surface area contributed by atoms with Gasteiger partial charge in [0, 0.05) is 7.11 Å². The normalized spacial score (nSPS) is 12.4. The first kappa shape index (κ1) is 17.4. The minimum atomic E-state index is -1.59. The highest BCUT2D eigenvalue weighted by atomic mass is 16.6. The molecule has 19 heavy (non-hydrogen) atoms. The molecule has 1 atom stereocenters. The number of allylic oxidation sites excluding steroid dienone is 1. The Morgan fingerprint density at radius 2 is 1.63 bits per heavy atom. The summed E-state index contributed by atoms with van der Waals surface area (Å²) in [6.07, 6.45) is 2.05. The van der Waals surface area contributed by atoms with Gasteiger partial charge >= 0.3 is 11.9 Å². The number of carbonyl (C=O) groups excluding carboxylic acids is 2. The zero-order valence-corrected chi connectivity index (χ0v) is 11.8. The van der Waals surface area contributed by atoms with Crippen LogP contribution in [0.2, 0.25) is 0 Å². The van der Waals surface area contributed by atoms with Gasteiger partial charge in [-0.05, 0) is 20.3 Å². The molecule has 1 unspecified atom stereocenters. The van der Waals surface area contributed by atoms with Crippen molar-refractivity contribution >= 4 is 11.9 Å². The second-order valence-electron chi connectivity index (χ2n) is 3.80. The van der Waals surface area contributed by atoms with Crippen LogP contribution in [-0.4, -0.2) is 38.4 Å². The maximum Gasteiger partial charge on any atom is 0.326 e.